The first-order valence-electron chi connectivity index (χ1n) is 11.1. The van der Waals surface area contributed by atoms with E-state index in [1.165, 1.54) is 5.56 Å². The van der Waals surface area contributed by atoms with Gasteiger partial charge in [0, 0.05) is 28.3 Å². The Kier molecular flexibility index (Phi) is 6.11. The Morgan fingerprint density at radius 1 is 0.941 bits per heavy atom. The van der Waals surface area contributed by atoms with Gasteiger partial charge in [-0.25, -0.2) is 0 Å². The van der Waals surface area contributed by atoms with Gasteiger partial charge in [-0.05, 0) is 92.6 Å². The van der Waals surface area contributed by atoms with Crippen molar-refractivity contribution in [3.63, 3.8) is 0 Å². The summed E-state index contributed by atoms with van der Waals surface area (Å²) >= 11 is 18.6. The largest absolute Gasteiger partial charge is 0.351 e. The molecule has 7 heteroatoms. The second-order valence-corrected chi connectivity index (χ2v) is 9.82. The molecule has 2 aromatic heterocycles. The molecule has 34 heavy (non-hydrogen) atoms. The average Bonchev–Trinajstić information content (AvgIpc) is 3.30. The van der Waals surface area contributed by atoms with E-state index in [2.05, 4.69) is 70.9 Å². The summed E-state index contributed by atoms with van der Waals surface area (Å²) in [5.74, 6) is 0. The van der Waals surface area contributed by atoms with Crippen LogP contribution in [0.25, 0.3) is 5.69 Å². The molecular weight excluding hydrogens is 483 g/mol. The third-order valence-corrected chi connectivity index (χ3v) is 7.17. The molecule has 4 nitrogen and oxygen atoms in total. The van der Waals surface area contributed by atoms with Crippen LogP contribution in [0.15, 0.2) is 72.9 Å². The van der Waals surface area contributed by atoms with E-state index in [4.69, 9.17) is 35.4 Å². The molecule has 2 aromatic carbocycles. The Morgan fingerprint density at radius 3 is 2.47 bits per heavy atom. The molecule has 0 saturated carbocycles. The number of pyridine rings is 1. The van der Waals surface area contributed by atoms with Gasteiger partial charge in [0.1, 0.15) is 0 Å². The van der Waals surface area contributed by atoms with Gasteiger partial charge in [0.15, 0.2) is 5.11 Å². The van der Waals surface area contributed by atoms with Crippen LogP contribution in [0.3, 0.4) is 0 Å². The van der Waals surface area contributed by atoms with Gasteiger partial charge < -0.3 is 14.8 Å². The van der Waals surface area contributed by atoms with E-state index in [1.54, 1.807) is 6.07 Å². The summed E-state index contributed by atoms with van der Waals surface area (Å²) < 4.78 is 2.18. The number of halogens is 2. The monoisotopic (exact) mass is 506 g/mol. The molecule has 1 aliphatic heterocycles. The maximum Gasteiger partial charge on any atom is 0.174 e. The third kappa shape index (κ3) is 3.98. The molecule has 1 fully saturated rings. The van der Waals surface area contributed by atoms with Crippen molar-refractivity contribution >= 4 is 46.2 Å². The molecule has 3 heterocycles. The number of aromatic nitrogens is 2. The summed E-state index contributed by atoms with van der Waals surface area (Å²) in [4.78, 5) is 6.87. The van der Waals surface area contributed by atoms with E-state index < -0.39 is 0 Å². The van der Waals surface area contributed by atoms with E-state index >= 15 is 0 Å². The van der Waals surface area contributed by atoms with Crippen molar-refractivity contribution in [2.24, 2.45) is 0 Å². The van der Waals surface area contributed by atoms with Gasteiger partial charge in [-0.2, -0.15) is 0 Å². The highest BCUT2D eigenvalue weighted by molar-refractivity contribution is 7.80. The Bertz CT molecular complexity index is 1380. The summed E-state index contributed by atoms with van der Waals surface area (Å²) in [5.41, 5.74) is 7.41. The maximum absolute atomic E-state index is 6.61. The van der Waals surface area contributed by atoms with E-state index in [1.807, 2.05) is 36.5 Å². The van der Waals surface area contributed by atoms with Crippen molar-refractivity contribution in [3.05, 3.63) is 111 Å². The smallest absolute Gasteiger partial charge is 0.174 e. The first-order valence-corrected chi connectivity index (χ1v) is 12.2. The zero-order valence-electron chi connectivity index (χ0n) is 19.1. The molecular formula is C27H24Cl2N4S. The highest BCUT2D eigenvalue weighted by Gasteiger charge is 2.42. The fourth-order valence-corrected chi connectivity index (χ4v) is 5.69. The van der Waals surface area contributed by atoms with E-state index in [0.29, 0.717) is 15.2 Å². The van der Waals surface area contributed by atoms with E-state index in [9.17, 15) is 0 Å². The lowest BCUT2D eigenvalue weighted by molar-refractivity contribution is 0.565. The molecule has 1 N–H and O–H groups in total. The number of hydrogen-bond acceptors (Lipinski definition) is 2. The lowest BCUT2D eigenvalue weighted by Crippen LogP contribution is -2.29. The average molecular weight is 507 g/mol. The summed E-state index contributed by atoms with van der Waals surface area (Å²) in [6, 6.07) is 22.0. The fourth-order valence-electron chi connectivity index (χ4n) is 4.85. The van der Waals surface area contributed by atoms with Gasteiger partial charge in [0.25, 0.3) is 0 Å². The van der Waals surface area contributed by atoms with Crippen LogP contribution in [0.2, 0.25) is 10.0 Å². The maximum atomic E-state index is 6.61. The Balaban J connectivity index is 1.70. The Hall–Kier alpha value is -2.86. The van der Waals surface area contributed by atoms with E-state index in [-0.39, 0.29) is 12.1 Å². The molecule has 0 radical (unpaired) electrons. The number of rotatable bonds is 4. The highest BCUT2D eigenvalue weighted by Crippen LogP contribution is 2.44. The fraction of sp³-hybridized carbons (Fsp3) is 0.185. The van der Waals surface area contributed by atoms with Gasteiger partial charge >= 0.3 is 0 Å². The van der Waals surface area contributed by atoms with Crippen molar-refractivity contribution in [3.8, 4) is 5.69 Å². The third-order valence-electron chi connectivity index (χ3n) is 6.32. The second-order valence-electron chi connectivity index (χ2n) is 8.59. The minimum absolute atomic E-state index is 0.0878. The zero-order valence-corrected chi connectivity index (χ0v) is 21.4. The van der Waals surface area contributed by atoms with Crippen LogP contribution < -0.4 is 10.2 Å². The van der Waals surface area contributed by atoms with Crippen molar-refractivity contribution in [1.29, 1.82) is 0 Å². The molecule has 5 rings (SSSR count). The molecule has 4 aromatic rings. The van der Waals surface area contributed by atoms with Crippen LogP contribution in [-0.4, -0.2) is 14.7 Å². The molecule has 0 aliphatic carbocycles. The molecule has 0 unspecified atom stereocenters. The molecule has 0 spiro atoms. The lowest BCUT2D eigenvalue weighted by Gasteiger charge is -2.28. The summed E-state index contributed by atoms with van der Waals surface area (Å²) in [6.45, 7) is 6.31. The first kappa shape index (κ1) is 22.9. The van der Waals surface area contributed by atoms with Gasteiger partial charge in [-0.3, -0.25) is 4.98 Å². The lowest BCUT2D eigenvalue weighted by atomic mass is 9.96. The minimum Gasteiger partial charge on any atom is -0.351 e. The molecule has 172 valence electrons. The minimum atomic E-state index is -0.108. The van der Waals surface area contributed by atoms with Crippen LogP contribution >= 0.6 is 35.4 Å². The molecule has 1 aliphatic rings. The van der Waals surface area contributed by atoms with Crippen molar-refractivity contribution in [2.45, 2.75) is 32.9 Å². The number of aryl methyl sites for hydroxylation is 2. The quantitative estimate of drug-likeness (QED) is 0.294. The summed E-state index contributed by atoms with van der Waals surface area (Å²) in [6.07, 6.45) is 1.82. The van der Waals surface area contributed by atoms with Gasteiger partial charge in [-0.15, -0.1) is 0 Å². The van der Waals surface area contributed by atoms with Crippen LogP contribution in [0.5, 0.6) is 0 Å². The molecule has 1 saturated heterocycles. The van der Waals surface area contributed by atoms with E-state index in [0.717, 1.165) is 34.0 Å². The standard InChI is InChI=1S/C27H24Cl2N4S/c1-16-7-6-8-20(13-16)33-26(25(31-27(33)34)23-9-4-5-12-30-23)21-14-17(2)32(18(21)3)24-11-10-19(28)15-22(24)29/h4-15,25-26H,1-3H3,(H,31,34)/t25-,26-/m0/s1. The van der Waals surface area contributed by atoms with Gasteiger partial charge in [-0.1, -0.05) is 41.4 Å². The Labute approximate surface area is 215 Å². The van der Waals surface area contributed by atoms with Crippen LogP contribution in [-0.2, 0) is 0 Å². The predicted octanol–water partition coefficient (Wildman–Crippen LogP) is 7.28. The Morgan fingerprint density at radius 2 is 1.76 bits per heavy atom. The molecule has 2 atom stereocenters. The van der Waals surface area contributed by atoms with Gasteiger partial charge in [0.05, 0.1) is 28.5 Å². The predicted molar refractivity (Wildman–Crippen MR) is 144 cm³/mol. The number of nitrogens with zero attached hydrogens (tertiary/aromatic N) is 3. The first-order chi connectivity index (χ1) is 16.3. The topological polar surface area (TPSA) is 33.1 Å². The van der Waals surface area contributed by atoms with Crippen molar-refractivity contribution in [1.82, 2.24) is 14.9 Å². The molecule has 0 bridgehead atoms. The molecule has 0 amide bonds. The van der Waals surface area contributed by atoms with Crippen LogP contribution in [0, 0.1) is 20.8 Å². The second kappa shape index (κ2) is 9.06. The number of hydrogen-bond donors (Lipinski definition) is 1. The van der Waals surface area contributed by atoms with Crippen LogP contribution in [0.4, 0.5) is 5.69 Å². The number of anilines is 1. The van der Waals surface area contributed by atoms with Gasteiger partial charge in [0.2, 0.25) is 0 Å². The SMILES string of the molecule is Cc1cccc(N2C(=S)N[C@@H](c3ccccn3)[C@@H]2c2cc(C)n(-c3ccc(Cl)cc3Cl)c2C)c1. The van der Waals surface area contributed by atoms with Crippen molar-refractivity contribution < 1.29 is 0 Å². The highest BCUT2D eigenvalue weighted by atomic mass is 35.5. The van der Waals surface area contributed by atoms with Crippen LogP contribution in [0.1, 0.15) is 40.3 Å². The number of nitrogens with one attached hydrogen (secondary N) is 1. The van der Waals surface area contributed by atoms with Crippen molar-refractivity contribution in [2.75, 3.05) is 4.90 Å². The number of thiocarbonyl (C=S) groups is 1. The summed E-state index contributed by atoms with van der Waals surface area (Å²) in [5, 5.41) is 5.45. The summed E-state index contributed by atoms with van der Waals surface area (Å²) in [7, 11) is 0. The normalized spacial score (nSPS) is 17.8. The number of benzene rings is 2. The zero-order chi connectivity index (χ0) is 24.0.